The zero-order valence-electron chi connectivity index (χ0n) is 17.5. The van der Waals surface area contributed by atoms with E-state index in [1.165, 1.54) is 11.3 Å². The zero-order valence-corrected chi connectivity index (χ0v) is 18.3. The Hall–Kier alpha value is -2.62. The molecule has 0 radical (unpaired) electrons. The van der Waals surface area contributed by atoms with Crippen LogP contribution in [0.3, 0.4) is 0 Å². The fourth-order valence-corrected chi connectivity index (χ4v) is 4.84. The van der Waals surface area contributed by atoms with Crippen LogP contribution in [0.4, 0.5) is 10.9 Å². The Balaban J connectivity index is 1.21. The molecule has 1 aliphatic heterocycles. The van der Waals surface area contributed by atoms with Crippen LogP contribution in [0.15, 0.2) is 36.8 Å². The molecule has 0 unspecified atom stereocenters. The van der Waals surface area contributed by atoms with Gasteiger partial charge in [0.2, 0.25) is 0 Å². The third kappa shape index (κ3) is 4.68. The minimum absolute atomic E-state index is 0.178. The maximum Gasteiger partial charge on any atom is 0.317 e. The van der Waals surface area contributed by atoms with Gasteiger partial charge in [-0.2, -0.15) is 4.98 Å². The van der Waals surface area contributed by atoms with Gasteiger partial charge in [0, 0.05) is 30.6 Å². The van der Waals surface area contributed by atoms with Crippen molar-refractivity contribution in [2.75, 3.05) is 25.6 Å². The second-order valence-electron chi connectivity index (χ2n) is 8.27. The number of aromatic nitrogens is 4. The summed E-state index contributed by atoms with van der Waals surface area (Å²) in [6, 6.07) is 6.32. The van der Waals surface area contributed by atoms with Crippen molar-refractivity contribution in [1.29, 1.82) is 0 Å². The molecular weight excluding hydrogens is 412 g/mol. The molecule has 3 aromatic rings. The third-order valence-electron chi connectivity index (χ3n) is 5.91. The summed E-state index contributed by atoms with van der Waals surface area (Å²) in [5, 5.41) is 7.14. The molecule has 1 spiro atoms. The van der Waals surface area contributed by atoms with E-state index in [2.05, 4.69) is 30.6 Å². The predicted molar refractivity (Wildman–Crippen MR) is 120 cm³/mol. The van der Waals surface area contributed by atoms with Gasteiger partial charge in [0.25, 0.3) is 0 Å². The molecule has 9 heteroatoms. The SMILES string of the molecule is CNCc1ccc(Nc2ncc(-c3ccnc(OC4CCC5(CC4)COC5)n3)s2)nc1. The fourth-order valence-electron chi connectivity index (χ4n) is 4.05. The minimum Gasteiger partial charge on any atom is -0.460 e. The molecular formula is C22H26N6O2S. The average Bonchev–Trinajstić information content (AvgIpc) is 3.24. The Kier molecular flexibility index (Phi) is 5.80. The van der Waals surface area contributed by atoms with Gasteiger partial charge >= 0.3 is 6.01 Å². The number of hydrogen-bond acceptors (Lipinski definition) is 9. The number of ether oxygens (including phenoxy) is 2. The molecule has 0 amide bonds. The lowest BCUT2D eigenvalue weighted by atomic mass is 9.72. The van der Waals surface area contributed by atoms with Crippen molar-refractivity contribution in [1.82, 2.24) is 25.3 Å². The Morgan fingerprint density at radius 2 is 2.00 bits per heavy atom. The van der Waals surface area contributed by atoms with Crippen molar-refractivity contribution < 1.29 is 9.47 Å². The summed E-state index contributed by atoms with van der Waals surface area (Å²) in [4.78, 5) is 18.8. The molecule has 5 rings (SSSR count). The number of nitrogens with one attached hydrogen (secondary N) is 2. The number of pyridine rings is 1. The molecule has 2 aliphatic rings. The van der Waals surface area contributed by atoms with E-state index < -0.39 is 0 Å². The van der Waals surface area contributed by atoms with Gasteiger partial charge in [-0.15, -0.1) is 0 Å². The van der Waals surface area contributed by atoms with E-state index >= 15 is 0 Å². The summed E-state index contributed by atoms with van der Waals surface area (Å²) < 4.78 is 11.5. The highest BCUT2D eigenvalue weighted by molar-refractivity contribution is 7.18. The minimum atomic E-state index is 0.178. The summed E-state index contributed by atoms with van der Waals surface area (Å²) in [7, 11) is 1.92. The van der Waals surface area contributed by atoms with Gasteiger partial charge in [-0.05, 0) is 50.4 Å². The van der Waals surface area contributed by atoms with Crippen LogP contribution in [-0.2, 0) is 11.3 Å². The van der Waals surface area contributed by atoms with E-state index in [1.54, 1.807) is 6.20 Å². The van der Waals surface area contributed by atoms with E-state index in [0.717, 1.165) is 72.5 Å². The predicted octanol–water partition coefficient (Wildman–Crippen LogP) is 3.80. The van der Waals surface area contributed by atoms with Gasteiger partial charge in [-0.25, -0.2) is 15.0 Å². The van der Waals surface area contributed by atoms with Crippen molar-refractivity contribution in [3.05, 3.63) is 42.4 Å². The second kappa shape index (κ2) is 8.86. The van der Waals surface area contributed by atoms with E-state index in [9.17, 15) is 0 Å². The first-order chi connectivity index (χ1) is 15.2. The molecule has 162 valence electrons. The van der Waals surface area contributed by atoms with Crippen LogP contribution in [-0.4, -0.2) is 46.3 Å². The molecule has 0 atom stereocenters. The van der Waals surface area contributed by atoms with Crippen molar-refractivity contribution in [3.8, 4) is 16.6 Å². The highest BCUT2D eigenvalue weighted by Crippen LogP contribution is 2.43. The quantitative estimate of drug-likeness (QED) is 0.575. The first kappa shape index (κ1) is 20.3. The smallest absolute Gasteiger partial charge is 0.317 e. The Labute approximate surface area is 185 Å². The topological polar surface area (TPSA) is 94.1 Å². The molecule has 3 aromatic heterocycles. The highest BCUT2D eigenvalue weighted by Gasteiger charge is 2.42. The van der Waals surface area contributed by atoms with Crippen LogP contribution in [0, 0.1) is 5.41 Å². The summed E-state index contributed by atoms with van der Waals surface area (Å²) >= 11 is 1.53. The number of hydrogen-bond donors (Lipinski definition) is 2. The lowest BCUT2D eigenvalue weighted by Crippen LogP contribution is -2.46. The number of thiazole rings is 1. The van der Waals surface area contributed by atoms with Gasteiger partial charge in [0.1, 0.15) is 11.9 Å². The standard InChI is InChI=1S/C22H26N6O2S/c1-23-10-15-2-3-19(25-11-15)28-21-26-12-18(31-21)17-6-9-24-20(27-17)30-16-4-7-22(8-5-16)13-29-14-22/h2-3,6,9,11-12,16,23H,4-5,7-8,10,13-14H2,1H3,(H,25,26,28). The Bertz CT molecular complexity index is 1010. The number of nitrogens with zero attached hydrogens (tertiary/aromatic N) is 4. The third-order valence-corrected chi connectivity index (χ3v) is 6.85. The molecule has 2 fully saturated rings. The van der Waals surface area contributed by atoms with Gasteiger partial charge in [-0.1, -0.05) is 17.4 Å². The number of anilines is 2. The highest BCUT2D eigenvalue weighted by atomic mass is 32.1. The molecule has 0 aromatic carbocycles. The average molecular weight is 439 g/mol. The molecule has 0 bridgehead atoms. The Morgan fingerprint density at radius 3 is 2.71 bits per heavy atom. The maximum absolute atomic E-state index is 6.10. The van der Waals surface area contributed by atoms with Crippen LogP contribution in [0.1, 0.15) is 31.2 Å². The van der Waals surface area contributed by atoms with Crippen molar-refractivity contribution in [2.45, 2.75) is 38.3 Å². The Morgan fingerprint density at radius 1 is 1.13 bits per heavy atom. The normalized spacial score (nSPS) is 18.0. The van der Waals surface area contributed by atoms with Crippen LogP contribution < -0.4 is 15.4 Å². The van der Waals surface area contributed by atoms with E-state index in [4.69, 9.17) is 9.47 Å². The largest absolute Gasteiger partial charge is 0.460 e. The number of rotatable bonds is 7. The second-order valence-corrected chi connectivity index (χ2v) is 9.30. The summed E-state index contributed by atoms with van der Waals surface area (Å²) in [6.45, 7) is 2.61. The lowest BCUT2D eigenvalue weighted by Gasteiger charge is -2.45. The van der Waals surface area contributed by atoms with Crippen LogP contribution in [0.2, 0.25) is 0 Å². The molecule has 8 nitrogen and oxygen atoms in total. The van der Waals surface area contributed by atoms with Crippen molar-refractivity contribution in [2.24, 2.45) is 5.41 Å². The summed E-state index contributed by atoms with van der Waals surface area (Å²) in [5.74, 6) is 0.763. The van der Waals surface area contributed by atoms with Crippen LogP contribution in [0.25, 0.3) is 10.6 Å². The first-order valence-electron chi connectivity index (χ1n) is 10.6. The maximum atomic E-state index is 6.10. The summed E-state index contributed by atoms with van der Waals surface area (Å²) in [5.41, 5.74) is 2.36. The molecule has 4 heterocycles. The van der Waals surface area contributed by atoms with E-state index in [0.29, 0.717) is 11.4 Å². The molecule has 1 saturated carbocycles. The van der Waals surface area contributed by atoms with Gasteiger partial charge < -0.3 is 20.1 Å². The van der Waals surface area contributed by atoms with Gasteiger partial charge in [0.15, 0.2) is 5.13 Å². The van der Waals surface area contributed by atoms with Crippen LogP contribution in [0.5, 0.6) is 6.01 Å². The van der Waals surface area contributed by atoms with E-state index in [-0.39, 0.29) is 6.10 Å². The monoisotopic (exact) mass is 438 g/mol. The van der Waals surface area contributed by atoms with Crippen LogP contribution >= 0.6 is 11.3 Å². The van der Waals surface area contributed by atoms with Gasteiger partial charge in [0.05, 0.1) is 23.8 Å². The summed E-state index contributed by atoms with van der Waals surface area (Å²) in [6.07, 6.45) is 9.98. The lowest BCUT2D eigenvalue weighted by molar-refractivity contribution is -0.140. The molecule has 1 saturated heterocycles. The van der Waals surface area contributed by atoms with Gasteiger partial charge in [-0.3, -0.25) is 0 Å². The molecule has 1 aliphatic carbocycles. The zero-order chi connectivity index (χ0) is 21.1. The van der Waals surface area contributed by atoms with Crippen molar-refractivity contribution >= 4 is 22.3 Å². The molecule has 2 N–H and O–H groups in total. The molecule has 31 heavy (non-hydrogen) atoms. The fraction of sp³-hybridized carbons (Fsp3) is 0.455. The van der Waals surface area contributed by atoms with E-state index in [1.807, 2.05) is 37.6 Å². The van der Waals surface area contributed by atoms with Crippen molar-refractivity contribution in [3.63, 3.8) is 0 Å². The first-order valence-corrected chi connectivity index (χ1v) is 11.4.